The van der Waals surface area contributed by atoms with E-state index < -0.39 is 17.8 Å². The quantitative estimate of drug-likeness (QED) is 0.429. The van der Waals surface area contributed by atoms with Crippen molar-refractivity contribution in [3.63, 3.8) is 0 Å². The molecule has 1 unspecified atom stereocenters. The first-order valence-electron chi connectivity index (χ1n) is 12.3. The summed E-state index contributed by atoms with van der Waals surface area (Å²) < 4.78 is 50.4. The predicted octanol–water partition coefficient (Wildman–Crippen LogP) is 4.37. The SMILES string of the molecule is N[C@]12C[C@@H]1CN(C(c1ccc3nnc(-c4ccc5cccc(OCC6CC6)c5n4)n3c1)C(F)(F)F)C2. The lowest BCUT2D eigenvalue weighted by Crippen LogP contribution is -2.41. The van der Waals surface area contributed by atoms with Crippen LogP contribution in [0.1, 0.15) is 30.9 Å². The Morgan fingerprint density at radius 3 is 2.72 bits per heavy atom. The zero-order chi connectivity index (χ0) is 24.7. The molecule has 1 aliphatic heterocycles. The molecule has 1 aromatic carbocycles. The van der Waals surface area contributed by atoms with E-state index in [0.717, 1.165) is 11.8 Å². The molecule has 0 amide bonds. The third-order valence-corrected chi connectivity index (χ3v) is 7.73. The van der Waals surface area contributed by atoms with Gasteiger partial charge in [0.05, 0.1) is 6.61 Å². The summed E-state index contributed by atoms with van der Waals surface area (Å²) in [6.45, 7) is 1.25. The predicted molar refractivity (Wildman–Crippen MR) is 127 cm³/mol. The Morgan fingerprint density at radius 2 is 1.97 bits per heavy atom. The van der Waals surface area contributed by atoms with Crippen molar-refractivity contribution >= 4 is 16.6 Å². The van der Waals surface area contributed by atoms with Crippen LogP contribution in [-0.2, 0) is 0 Å². The number of nitrogens with two attached hydrogens (primary N) is 1. The number of aromatic nitrogens is 4. The Hall–Kier alpha value is -3.24. The molecular formula is C26H25F3N6O. The van der Waals surface area contributed by atoms with Crippen molar-refractivity contribution in [2.45, 2.75) is 37.0 Å². The summed E-state index contributed by atoms with van der Waals surface area (Å²) in [5.74, 6) is 1.80. The molecule has 7 rings (SSSR count). The van der Waals surface area contributed by atoms with Crippen LogP contribution in [0, 0.1) is 11.8 Å². The molecule has 10 heteroatoms. The van der Waals surface area contributed by atoms with Gasteiger partial charge in [0.1, 0.15) is 23.0 Å². The van der Waals surface area contributed by atoms with E-state index >= 15 is 0 Å². The molecule has 2 aliphatic carbocycles. The summed E-state index contributed by atoms with van der Waals surface area (Å²) in [5.41, 5.74) is 7.54. The van der Waals surface area contributed by atoms with Gasteiger partial charge in [0.15, 0.2) is 11.5 Å². The molecule has 2 saturated carbocycles. The number of nitrogens with zero attached hydrogens (tertiary/aromatic N) is 5. The van der Waals surface area contributed by atoms with Gasteiger partial charge in [0.2, 0.25) is 0 Å². The van der Waals surface area contributed by atoms with E-state index in [0.29, 0.717) is 47.5 Å². The van der Waals surface area contributed by atoms with E-state index in [-0.39, 0.29) is 18.0 Å². The van der Waals surface area contributed by atoms with Gasteiger partial charge in [-0.25, -0.2) is 4.98 Å². The number of halogens is 3. The molecule has 36 heavy (non-hydrogen) atoms. The van der Waals surface area contributed by atoms with Gasteiger partial charge in [-0.2, -0.15) is 13.2 Å². The fourth-order valence-electron chi connectivity index (χ4n) is 5.47. The summed E-state index contributed by atoms with van der Waals surface area (Å²) in [5, 5.41) is 9.37. The first kappa shape index (κ1) is 22.0. The lowest BCUT2D eigenvalue weighted by molar-refractivity contribution is -0.185. The molecule has 4 aromatic rings. The van der Waals surface area contributed by atoms with Crippen LogP contribution in [0.2, 0.25) is 0 Å². The molecule has 3 fully saturated rings. The zero-order valence-electron chi connectivity index (χ0n) is 19.4. The number of ether oxygens (including phenoxy) is 1. The first-order chi connectivity index (χ1) is 17.3. The second-order valence-electron chi connectivity index (χ2n) is 10.5. The number of pyridine rings is 2. The highest BCUT2D eigenvalue weighted by atomic mass is 19.4. The zero-order valence-corrected chi connectivity index (χ0v) is 19.4. The molecule has 3 aromatic heterocycles. The number of fused-ring (bicyclic) bond motifs is 3. The van der Waals surface area contributed by atoms with E-state index in [1.807, 2.05) is 30.3 Å². The van der Waals surface area contributed by atoms with Crippen LogP contribution in [0.5, 0.6) is 5.75 Å². The molecule has 186 valence electrons. The number of alkyl halides is 3. The molecule has 4 heterocycles. The molecule has 2 N–H and O–H groups in total. The highest BCUT2D eigenvalue weighted by Gasteiger charge is 2.61. The standard InChI is InChI=1S/C26H25F3N6O/c27-26(28,29)23(34-12-18-10-25(18,30)14-34)17-7-9-21-32-33-24(35(21)11-17)19-8-6-16-2-1-3-20(22(16)31-19)36-13-15-4-5-15/h1-3,6-9,11,15,18,23H,4-5,10,12-14,30H2/t18-,23?,25+/m1/s1. The number of benzene rings is 1. The summed E-state index contributed by atoms with van der Waals surface area (Å²) >= 11 is 0. The minimum Gasteiger partial charge on any atom is -0.491 e. The molecular weight excluding hydrogens is 469 g/mol. The van der Waals surface area contributed by atoms with Crippen LogP contribution in [0.25, 0.3) is 28.1 Å². The first-order valence-corrected chi connectivity index (χ1v) is 12.3. The molecule has 3 atom stereocenters. The smallest absolute Gasteiger partial charge is 0.408 e. The second-order valence-corrected chi connectivity index (χ2v) is 10.5. The number of piperidine rings is 1. The summed E-state index contributed by atoms with van der Waals surface area (Å²) in [7, 11) is 0. The minimum absolute atomic E-state index is 0.134. The van der Waals surface area contributed by atoms with E-state index in [1.165, 1.54) is 30.0 Å². The molecule has 0 radical (unpaired) electrons. The normalized spacial score (nSPS) is 24.8. The van der Waals surface area contributed by atoms with Crippen molar-refractivity contribution in [1.29, 1.82) is 0 Å². The molecule has 1 saturated heterocycles. The van der Waals surface area contributed by atoms with Gasteiger partial charge in [0.25, 0.3) is 0 Å². The van der Waals surface area contributed by atoms with Crippen molar-refractivity contribution in [3.05, 3.63) is 54.2 Å². The molecule has 0 spiro atoms. The molecule has 0 bridgehead atoms. The fourth-order valence-corrected chi connectivity index (χ4v) is 5.47. The number of hydrogen-bond donors (Lipinski definition) is 1. The monoisotopic (exact) mass is 494 g/mol. The van der Waals surface area contributed by atoms with Gasteiger partial charge < -0.3 is 10.5 Å². The third kappa shape index (κ3) is 3.70. The van der Waals surface area contributed by atoms with Crippen molar-refractivity contribution < 1.29 is 17.9 Å². The van der Waals surface area contributed by atoms with Crippen molar-refractivity contribution in [3.8, 4) is 17.3 Å². The summed E-state index contributed by atoms with van der Waals surface area (Å²) in [4.78, 5) is 6.25. The lowest BCUT2D eigenvalue weighted by Gasteiger charge is -2.31. The van der Waals surface area contributed by atoms with Gasteiger partial charge in [-0.05, 0) is 54.9 Å². The van der Waals surface area contributed by atoms with Gasteiger partial charge in [0, 0.05) is 30.2 Å². The fraction of sp³-hybridized carbons (Fsp3) is 0.423. The van der Waals surface area contributed by atoms with Gasteiger partial charge in [-0.3, -0.25) is 9.30 Å². The Labute approximate surface area is 205 Å². The minimum atomic E-state index is -4.44. The number of para-hydroxylation sites is 1. The molecule has 7 nitrogen and oxygen atoms in total. The van der Waals surface area contributed by atoms with Gasteiger partial charge in [-0.15, -0.1) is 10.2 Å². The summed E-state index contributed by atoms with van der Waals surface area (Å²) in [6.07, 6.45) is 0.200. The maximum absolute atomic E-state index is 14.3. The molecule has 3 aliphatic rings. The third-order valence-electron chi connectivity index (χ3n) is 7.73. The maximum Gasteiger partial charge on any atom is 0.408 e. The number of rotatable bonds is 6. The Bertz CT molecular complexity index is 1480. The van der Waals surface area contributed by atoms with Gasteiger partial charge >= 0.3 is 6.18 Å². The Balaban J connectivity index is 1.28. The van der Waals surface area contributed by atoms with Crippen LogP contribution >= 0.6 is 0 Å². The Kier molecular flexibility index (Phi) is 4.66. The van der Waals surface area contributed by atoms with E-state index in [9.17, 15) is 13.2 Å². The van der Waals surface area contributed by atoms with Crippen LogP contribution < -0.4 is 10.5 Å². The summed E-state index contributed by atoms with van der Waals surface area (Å²) in [6, 6.07) is 10.8. The van der Waals surface area contributed by atoms with E-state index in [4.69, 9.17) is 15.5 Å². The highest BCUT2D eigenvalue weighted by molar-refractivity contribution is 5.86. The van der Waals surface area contributed by atoms with E-state index in [2.05, 4.69) is 10.2 Å². The average Bonchev–Trinajstić information content (AvgIpc) is 3.70. The topological polar surface area (TPSA) is 81.6 Å². The lowest BCUT2D eigenvalue weighted by atomic mass is 10.1. The van der Waals surface area contributed by atoms with Crippen LogP contribution in [-0.4, -0.2) is 55.9 Å². The van der Waals surface area contributed by atoms with Crippen LogP contribution in [0.3, 0.4) is 0 Å². The largest absolute Gasteiger partial charge is 0.491 e. The number of likely N-dealkylation sites (tertiary alicyclic amines) is 1. The maximum atomic E-state index is 14.3. The van der Waals surface area contributed by atoms with Crippen LogP contribution in [0.15, 0.2) is 48.7 Å². The van der Waals surface area contributed by atoms with Crippen molar-refractivity contribution in [2.24, 2.45) is 17.6 Å². The van der Waals surface area contributed by atoms with Gasteiger partial charge in [-0.1, -0.05) is 24.3 Å². The van der Waals surface area contributed by atoms with Crippen molar-refractivity contribution in [2.75, 3.05) is 19.7 Å². The average molecular weight is 495 g/mol. The van der Waals surface area contributed by atoms with Crippen molar-refractivity contribution in [1.82, 2.24) is 24.5 Å². The van der Waals surface area contributed by atoms with Crippen LogP contribution in [0.4, 0.5) is 13.2 Å². The Morgan fingerprint density at radius 1 is 1.11 bits per heavy atom. The van der Waals surface area contributed by atoms with E-state index in [1.54, 1.807) is 10.5 Å². The highest BCUT2D eigenvalue weighted by Crippen LogP contribution is 2.52. The second kappa shape index (κ2) is 7.63. The number of hydrogen-bond acceptors (Lipinski definition) is 6.